The predicted octanol–water partition coefficient (Wildman–Crippen LogP) is 2.76. The first-order valence-corrected chi connectivity index (χ1v) is 12.0. The van der Waals surface area contributed by atoms with Gasteiger partial charge in [0.25, 0.3) is 0 Å². The quantitative estimate of drug-likeness (QED) is 0.574. The third-order valence-corrected chi connectivity index (χ3v) is 6.27. The summed E-state index contributed by atoms with van der Waals surface area (Å²) < 4.78 is 37.5. The average molecular weight is 445 g/mol. The molecule has 166 valence electrons. The number of primary sulfonamides is 1. The van der Waals surface area contributed by atoms with Crippen LogP contribution >= 0.6 is 0 Å². The van der Waals surface area contributed by atoms with Gasteiger partial charge in [0.1, 0.15) is 18.5 Å². The highest BCUT2D eigenvalue weighted by Gasteiger charge is 2.23. The molecule has 1 aromatic heterocycles. The molecule has 1 unspecified atom stereocenters. The Hall–Kier alpha value is -2.62. The zero-order valence-electron chi connectivity index (χ0n) is 17.8. The lowest BCUT2D eigenvalue weighted by atomic mass is 10.2. The smallest absolute Gasteiger partial charge is 0.238 e. The number of ether oxygens (including phenoxy) is 2. The molecule has 4 rings (SSSR count). The molecule has 0 radical (unpaired) electrons. The molecule has 3 aromatic rings. The van der Waals surface area contributed by atoms with Gasteiger partial charge >= 0.3 is 0 Å². The molecule has 0 bridgehead atoms. The fraction of sp³-hybridized carbons (Fsp3) is 0.409. The van der Waals surface area contributed by atoms with E-state index in [0.29, 0.717) is 25.2 Å². The Labute approximate surface area is 182 Å². The highest BCUT2D eigenvalue weighted by atomic mass is 32.2. The molecule has 2 N–H and O–H groups in total. The number of aryl methyl sites for hydroxylation is 1. The third-order valence-electron chi connectivity index (χ3n) is 5.36. The maximum absolute atomic E-state index is 11.7. The van der Waals surface area contributed by atoms with Gasteiger partial charge in [-0.3, -0.25) is 4.90 Å². The molecule has 9 heteroatoms. The molecule has 31 heavy (non-hydrogen) atoms. The van der Waals surface area contributed by atoms with E-state index in [1.807, 2.05) is 31.3 Å². The number of sulfonamides is 1. The van der Waals surface area contributed by atoms with Crippen molar-refractivity contribution in [2.75, 3.05) is 20.2 Å². The average Bonchev–Trinajstić information content (AvgIpc) is 3.07. The van der Waals surface area contributed by atoms with E-state index in [-0.39, 0.29) is 11.0 Å². The number of hydrogen-bond acceptors (Lipinski definition) is 6. The summed E-state index contributed by atoms with van der Waals surface area (Å²) in [5.41, 5.74) is 1.55. The second-order valence-electron chi connectivity index (χ2n) is 7.92. The van der Waals surface area contributed by atoms with Gasteiger partial charge in [0.15, 0.2) is 11.5 Å². The van der Waals surface area contributed by atoms with Crippen molar-refractivity contribution in [2.45, 2.75) is 43.9 Å². The number of aromatic nitrogens is 2. The van der Waals surface area contributed by atoms with E-state index in [1.54, 1.807) is 18.2 Å². The Morgan fingerprint density at radius 1 is 1.23 bits per heavy atom. The summed E-state index contributed by atoms with van der Waals surface area (Å²) in [6.45, 7) is 4.73. The molecule has 2 heterocycles. The van der Waals surface area contributed by atoms with Crippen molar-refractivity contribution in [1.82, 2.24) is 14.5 Å². The van der Waals surface area contributed by atoms with Crippen LogP contribution in [-0.4, -0.2) is 49.2 Å². The Morgan fingerprint density at radius 3 is 2.74 bits per heavy atom. The lowest BCUT2D eigenvalue weighted by Gasteiger charge is -2.29. The molecule has 0 fully saturated rings. The van der Waals surface area contributed by atoms with E-state index in [2.05, 4.69) is 16.4 Å². The van der Waals surface area contributed by atoms with Crippen molar-refractivity contribution in [1.29, 1.82) is 0 Å². The first-order valence-electron chi connectivity index (χ1n) is 10.4. The molecule has 2 aromatic carbocycles. The van der Waals surface area contributed by atoms with E-state index >= 15 is 0 Å². The Kier molecular flexibility index (Phi) is 6.17. The zero-order valence-corrected chi connectivity index (χ0v) is 18.6. The number of fused-ring (bicyclic) bond motifs is 2. The van der Waals surface area contributed by atoms with Gasteiger partial charge < -0.3 is 14.0 Å². The molecular weight excluding hydrogens is 416 g/mol. The minimum Gasteiger partial charge on any atom is -0.486 e. The summed E-state index contributed by atoms with van der Waals surface area (Å²) in [6, 6.07) is 12.6. The van der Waals surface area contributed by atoms with Crippen LogP contribution in [0.25, 0.3) is 11.0 Å². The summed E-state index contributed by atoms with van der Waals surface area (Å²) in [5, 5.41) is 5.30. The minimum atomic E-state index is -3.77. The largest absolute Gasteiger partial charge is 0.486 e. The molecule has 0 saturated carbocycles. The SMILES string of the molecule is CCCCn1c(CN(C)CC2COc3ccccc3O2)nc2cc(S(N)(=O)=O)ccc21. The number of nitrogens with two attached hydrogens (primary N) is 1. The van der Waals surface area contributed by atoms with Crippen LogP contribution < -0.4 is 14.6 Å². The highest BCUT2D eigenvalue weighted by molar-refractivity contribution is 7.89. The van der Waals surface area contributed by atoms with Crippen LogP contribution in [0.2, 0.25) is 0 Å². The van der Waals surface area contributed by atoms with E-state index in [1.165, 1.54) is 0 Å². The van der Waals surface area contributed by atoms with Crippen molar-refractivity contribution < 1.29 is 17.9 Å². The van der Waals surface area contributed by atoms with E-state index < -0.39 is 10.0 Å². The number of hydrogen-bond donors (Lipinski definition) is 1. The summed E-state index contributed by atoms with van der Waals surface area (Å²) in [6.07, 6.45) is 1.98. The standard InChI is InChI=1S/C22H28N4O4S/c1-3-4-11-26-19-10-9-17(31(23,27)28)12-18(19)24-22(26)14-25(2)13-16-15-29-20-7-5-6-8-21(20)30-16/h5-10,12,16H,3-4,11,13-15H2,1-2H3,(H2,23,27,28). The number of likely N-dealkylation sites (N-methyl/N-ethyl adjacent to an activating group) is 1. The second-order valence-corrected chi connectivity index (χ2v) is 9.48. The molecule has 0 aliphatic carbocycles. The third kappa shape index (κ3) is 4.84. The Bertz CT molecular complexity index is 1180. The molecule has 1 atom stereocenters. The highest BCUT2D eigenvalue weighted by Crippen LogP contribution is 2.31. The Morgan fingerprint density at radius 2 is 2.00 bits per heavy atom. The number of para-hydroxylation sites is 2. The van der Waals surface area contributed by atoms with Gasteiger partial charge in [-0.05, 0) is 43.8 Å². The van der Waals surface area contributed by atoms with Crippen molar-refractivity contribution >= 4 is 21.1 Å². The summed E-state index contributed by atoms with van der Waals surface area (Å²) in [7, 11) is -1.75. The maximum Gasteiger partial charge on any atom is 0.238 e. The van der Waals surface area contributed by atoms with E-state index in [0.717, 1.165) is 42.2 Å². The molecule has 0 spiro atoms. The fourth-order valence-electron chi connectivity index (χ4n) is 3.83. The first-order chi connectivity index (χ1) is 14.8. The lowest BCUT2D eigenvalue weighted by molar-refractivity contribution is 0.0630. The van der Waals surface area contributed by atoms with E-state index in [4.69, 9.17) is 19.6 Å². The normalized spacial score (nSPS) is 16.2. The predicted molar refractivity (Wildman–Crippen MR) is 119 cm³/mol. The molecule has 0 saturated heterocycles. The fourth-order valence-corrected chi connectivity index (χ4v) is 4.36. The number of nitrogens with zero attached hydrogens (tertiary/aromatic N) is 3. The monoisotopic (exact) mass is 444 g/mol. The van der Waals surface area contributed by atoms with Crippen LogP contribution in [-0.2, 0) is 23.1 Å². The van der Waals surface area contributed by atoms with Gasteiger partial charge in [0.2, 0.25) is 10.0 Å². The second kappa shape index (κ2) is 8.86. The zero-order chi connectivity index (χ0) is 22.0. The lowest BCUT2D eigenvalue weighted by Crippen LogP contribution is -2.39. The molecule has 1 aliphatic heterocycles. The van der Waals surface area contributed by atoms with E-state index in [9.17, 15) is 8.42 Å². The molecule has 0 amide bonds. The molecule has 8 nitrogen and oxygen atoms in total. The van der Waals surface area contributed by atoms with Crippen molar-refractivity contribution in [2.24, 2.45) is 5.14 Å². The number of rotatable bonds is 8. The number of imidazole rings is 1. The summed E-state index contributed by atoms with van der Waals surface area (Å²) in [4.78, 5) is 6.96. The van der Waals surface area contributed by atoms with Gasteiger partial charge in [-0.15, -0.1) is 0 Å². The Balaban J connectivity index is 1.53. The van der Waals surface area contributed by atoms with Crippen molar-refractivity contribution in [3.8, 4) is 11.5 Å². The van der Waals surface area contributed by atoms with Gasteiger partial charge in [0, 0.05) is 13.1 Å². The van der Waals surface area contributed by atoms with Gasteiger partial charge in [-0.2, -0.15) is 0 Å². The molecular formula is C22H28N4O4S. The topological polar surface area (TPSA) is 99.7 Å². The van der Waals surface area contributed by atoms with Crippen LogP contribution in [0.5, 0.6) is 11.5 Å². The first kappa shape index (κ1) is 21.6. The van der Waals surface area contributed by atoms with Crippen LogP contribution in [0.4, 0.5) is 0 Å². The summed E-state index contributed by atoms with van der Waals surface area (Å²) in [5.74, 6) is 2.42. The van der Waals surface area contributed by atoms with Crippen LogP contribution in [0.15, 0.2) is 47.4 Å². The van der Waals surface area contributed by atoms with Crippen molar-refractivity contribution in [3.63, 3.8) is 0 Å². The van der Waals surface area contributed by atoms with Gasteiger partial charge in [-0.1, -0.05) is 25.5 Å². The van der Waals surface area contributed by atoms with Crippen LogP contribution in [0.3, 0.4) is 0 Å². The number of benzene rings is 2. The maximum atomic E-state index is 11.7. The van der Waals surface area contributed by atoms with Crippen molar-refractivity contribution in [3.05, 3.63) is 48.3 Å². The molecule has 1 aliphatic rings. The van der Waals surface area contributed by atoms with Crippen LogP contribution in [0, 0.1) is 0 Å². The summed E-state index contributed by atoms with van der Waals surface area (Å²) >= 11 is 0. The van der Waals surface area contributed by atoms with Gasteiger partial charge in [0.05, 0.1) is 22.5 Å². The minimum absolute atomic E-state index is 0.0754. The van der Waals surface area contributed by atoms with Gasteiger partial charge in [-0.25, -0.2) is 18.5 Å². The van der Waals surface area contributed by atoms with Crippen LogP contribution in [0.1, 0.15) is 25.6 Å². The number of unbranched alkanes of at least 4 members (excludes halogenated alkanes) is 1.